The fraction of sp³-hybridized carbons (Fsp3) is 0.875. The Morgan fingerprint density at radius 2 is 1.94 bits per heavy atom. The average molecular weight is 233 g/mol. The predicted octanol–water partition coefficient (Wildman–Crippen LogP) is 3.59. The highest BCUT2D eigenvalue weighted by Gasteiger charge is 2.29. The number of rotatable bonds is 5. The van der Waals surface area contributed by atoms with Gasteiger partial charge in [-0.15, -0.1) is 11.8 Å². The molecule has 3 unspecified atom stereocenters. The Hall–Kier alpha value is -0.480. The lowest BCUT2D eigenvalue weighted by molar-refractivity contribution is 0.176. The fourth-order valence-electron chi connectivity index (χ4n) is 3.17. The third-order valence-corrected chi connectivity index (χ3v) is 4.47. The van der Waals surface area contributed by atoms with Crippen LogP contribution in [0.5, 0.6) is 0 Å². The number of nitrogens with one attached hydrogen (secondary N) is 1. The monoisotopic (exact) mass is 233 g/mol. The van der Waals surface area contributed by atoms with Gasteiger partial charge in [0.15, 0.2) is 0 Å². The normalized spacial score (nSPS) is 32.9. The molecule has 0 radical (unpaired) electrons. The van der Waals surface area contributed by atoms with Crippen molar-refractivity contribution in [2.75, 3.05) is 6.54 Å². The Balaban J connectivity index is 1.78. The van der Waals surface area contributed by atoms with Crippen LogP contribution in [0.1, 0.15) is 58.8 Å². The van der Waals surface area contributed by atoms with Gasteiger partial charge in [-0.3, -0.25) is 0 Å². The van der Waals surface area contributed by atoms with E-state index in [1.165, 1.54) is 45.1 Å². The summed E-state index contributed by atoms with van der Waals surface area (Å²) >= 11 is 0. The molecule has 2 aliphatic rings. The lowest BCUT2D eigenvalue weighted by Crippen LogP contribution is -2.33. The van der Waals surface area contributed by atoms with E-state index in [1.807, 2.05) is 6.92 Å². The SMILES string of the molecule is CC#CCCC1CC(C)CCC1CNC1CC1. The van der Waals surface area contributed by atoms with Gasteiger partial charge in [0.25, 0.3) is 0 Å². The van der Waals surface area contributed by atoms with E-state index < -0.39 is 0 Å². The van der Waals surface area contributed by atoms with E-state index in [4.69, 9.17) is 0 Å². The summed E-state index contributed by atoms with van der Waals surface area (Å²) in [6.07, 6.45) is 9.56. The first kappa shape index (κ1) is 13.0. The van der Waals surface area contributed by atoms with E-state index in [1.54, 1.807) is 0 Å². The van der Waals surface area contributed by atoms with Gasteiger partial charge in [-0.25, -0.2) is 0 Å². The lowest BCUT2D eigenvalue weighted by Gasteiger charge is -2.35. The van der Waals surface area contributed by atoms with E-state index in [-0.39, 0.29) is 0 Å². The Morgan fingerprint density at radius 3 is 2.65 bits per heavy atom. The Morgan fingerprint density at radius 1 is 1.12 bits per heavy atom. The summed E-state index contributed by atoms with van der Waals surface area (Å²) in [5.74, 6) is 9.05. The van der Waals surface area contributed by atoms with Gasteiger partial charge >= 0.3 is 0 Å². The van der Waals surface area contributed by atoms with Crippen molar-refractivity contribution >= 4 is 0 Å². The van der Waals surface area contributed by atoms with Gasteiger partial charge in [0.2, 0.25) is 0 Å². The van der Waals surface area contributed by atoms with Crippen molar-refractivity contribution < 1.29 is 0 Å². The molecule has 0 aromatic rings. The second-order valence-electron chi connectivity index (χ2n) is 6.09. The Bertz CT molecular complexity index is 282. The summed E-state index contributed by atoms with van der Waals surface area (Å²) < 4.78 is 0. The van der Waals surface area contributed by atoms with Crippen LogP contribution in [-0.4, -0.2) is 12.6 Å². The van der Waals surface area contributed by atoms with Crippen molar-refractivity contribution in [3.05, 3.63) is 0 Å². The van der Waals surface area contributed by atoms with Gasteiger partial charge in [-0.05, 0) is 63.3 Å². The zero-order chi connectivity index (χ0) is 12.1. The summed E-state index contributed by atoms with van der Waals surface area (Å²) in [4.78, 5) is 0. The molecule has 1 N–H and O–H groups in total. The molecule has 1 heteroatoms. The van der Waals surface area contributed by atoms with Crippen LogP contribution in [0.25, 0.3) is 0 Å². The standard InChI is InChI=1S/C16H27N/c1-3-4-5-6-14-11-13(2)7-8-15(14)12-17-16-9-10-16/h13-17H,5-12H2,1-2H3. The molecule has 0 aromatic heterocycles. The van der Waals surface area contributed by atoms with Crippen molar-refractivity contribution in [3.8, 4) is 11.8 Å². The van der Waals surface area contributed by atoms with Gasteiger partial charge in [0.05, 0.1) is 0 Å². The number of hydrogen-bond acceptors (Lipinski definition) is 1. The molecule has 0 spiro atoms. The van der Waals surface area contributed by atoms with Crippen LogP contribution in [-0.2, 0) is 0 Å². The van der Waals surface area contributed by atoms with Crippen molar-refractivity contribution in [1.29, 1.82) is 0 Å². The molecule has 0 saturated heterocycles. The molecule has 2 aliphatic carbocycles. The fourth-order valence-corrected chi connectivity index (χ4v) is 3.17. The van der Waals surface area contributed by atoms with E-state index >= 15 is 0 Å². The van der Waals surface area contributed by atoms with E-state index in [2.05, 4.69) is 24.1 Å². The van der Waals surface area contributed by atoms with Gasteiger partial charge in [0.1, 0.15) is 0 Å². The van der Waals surface area contributed by atoms with Crippen LogP contribution in [0.4, 0.5) is 0 Å². The maximum absolute atomic E-state index is 3.73. The van der Waals surface area contributed by atoms with Crippen molar-refractivity contribution in [3.63, 3.8) is 0 Å². The summed E-state index contributed by atoms with van der Waals surface area (Å²) in [6, 6.07) is 0.866. The highest BCUT2D eigenvalue weighted by molar-refractivity contribution is 4.96. The largest absolute Gasteiger partial charge is 0.314 e. The van der Waals surface area contributed by atoms with Crippen LogP contribution >= 0.6 is 0 Å². The molecule has 0 bridgehead atoms. The van der Waals surface area contributed by atoms with Crippen LogP contribution < -0.4 is 5.32 Å². The highest BCUT2D eigenvalue weighted by Crippen LogP contribution is 2.36. The maximum Gasteiger partial charge on any atom is 0.00913 e. The first-order chi connectivity index (χ1) is 8.29. The summed E-state index contributed by atoms with van der Waals surface area (Å²) in [7, 11) is 0. The predicted molar refractivity (Wildman–Crippen MR) is 73.7 cm³/mol. The Labute approximate surface area is 107 Å². The quantitative estimate of drug-likeness (QED) is 0.716. The average Bonchev–Trinajstić information content (AvgIpc) is 3.12. The molecule has 96 valence electrons. The van der Waals surface area contributed by atoms with Gasteiger partial charge in [0, 0.05) is 12.5 Å². The first-order valence-electron chi connectivity index (χ1n) is 7.42. The Kier molecular flexibility index (Phi) is 4.92. The molecular weight excluding hydrogens is 206 g/mol. The van der Waals surface area contributed by atoms with Crippen molar-refractivity contribution in [2.45, 2.75) is 64.8 Å². The van der Waals surface area contributed by atoms with Crippen LogP contribution in [0.15, 0.2) is 0 Å². The molecule has 1 nitrogen and oxygen atoms in total. The summed E-state index contributed by atoms with van der Waals surface area (Å²) in [5.41, 5.74) is 0. The van der Waals surface area contributed by atoms with Crippen LogP contribution in [0.3, 0.4) is 0 Å². The minimum Gasteiger partial charge on any atom is -0.314 e. The van der Waals surface area contributed by atoms with E-state index in [9.17, 15) is 0 Å². The van der Waals surface area contributed by atoms with Gasteiger partial charge in [-0.2, -0.15) is 0 Å². The summed E-state index contributed by atoms with van der Waals surface area (Å²) in [6.45, 7) is 5.64. The second kappa shape index (κ2) is 6.45. The third kappa shape index (κ3) is 4.36. The van der Waals surface area contributed by atoms with Gasteiger partial charge in [-0.1, -0.05) is 13.3 Å². The first-order valence-corrected chi connectivity index (χ1v) is 7.42. The van der Waals surface area contributed by atoms with Crippen molar-refractivity contribution in [1.82, 2.24) is 5.32 Å². The van der Waals surface area contributed by atoms with Gasteiger partial charge < -0.3 is 5.32 Å². The zero-order valence-electron chi connectivity index (χ0n) is 11.5. The van der Waals surface area contributed by atoms with Crippen molar-refractivity contribution in [2.24, 2.45) is 17.8 Å². The molecular formula is C16H27N. The van der Waals surface area contributed by atoms with Crippen LogP contribution in [0, 0.1) is 29.6 Å². The van der Waals surface area contributed by atoms with E-state index in [0.717, 1.165) is 30.2 Å². The molecule has 2 fully saturated rings. The molecule has 2 rings (SSSR count). The van der Waals surface area contributed by atoms with Crippen LogP contribution in [0.2, 0.25) is 0 Å². The molecule has 0 heterocycles. The highest BCUT2D eigenvalue weighted by atomic mass is 14.9. The molecule has 3 atom stereocenters. The molecule has 0 amide bonds. The third-order valence-electron chi connectivity index (χ3n) is 4.47. The lowest BCUT2D eigenvalue weighted by atomic mass is 9.73. The summed E-state index contributed by atoms with van der Waals surface area (Å²) in [5, 5.41) is 3.73. The zero-order valence-corrected chi connectivity index (χ0v) is 11.5. The smallest absolute Gasteiger partial charge is 0.00913 e. The topological polar surface area (TPSA) is 12.0 Å². The molecule has 0 aliphatic heterocycles. The molecule has 17 heavy (non-hydrogen) atoms. The maximum atomic E-state index is 3.73. The number of hydrogen-bond donors (Lipinski definition) is 1. The minimum atomic E-state index is 0.866. The molecule has 2 saturated carbocycles. The van der Waals surface area contributed by atoms with E-state index in [0.29, 0.717) is 0 Å². The molecule has 0 aromatic carbocycles. The second-order valence-corrected chi connectivity index (χ2v) is 6.09. The minimum absolute atomic E-state index is 0.866.